The van der Waals surface area contributed by atoms with E-state index >= 15 is 0 Å². The Morgan fingerprint density at radius 1 is 1.53 bits per heavy atom. The van der Waals surface area contributed by atoms with Gasteiger partial charge in [-0.1, -0.05) is 12.1 Å². The third kappa shape index (κ3) is 2.31. The Hall–Kier alpha value is -1.81. The molecule has 1 aromatic carbocycles. The Morgan fingerprint density at radius 2 is 2.29 bits per heavy atom. The number of fused-ring (bicyclic) bond motifs is 1. The van der Waals surface area contributed by atoms with Gasteiger partial charge in [0.25, 0.3) is 0 Å². The first-order valence-electron chi connectivity index (χ1n) is 4.98. The number of alkyl halides is 1. The molecule has 0 atom stereocenters. The molecule has 4 nitrogen and oxygen atoms in total. The summed E-state index contributed by atoms with van der Waals surface area (Å²) in [7, 11) is 1.64. The zero-order chi connectivity index (χ0) is 12.4. The van der Waals surface area contributed by atoms with Crippen LogP contribution in [0.3, 0.4) is 0 Å². The van der Waals surface area contributed by atoms with Gasteiger partial charge in [0.15, 0.2) is 11.4 Å². The fourth-order valence-electron chi connectivity index (χ4n) is 1.49. The smallest absolute Gasteiger partial charge is 0.408 e. The molecule has 88 valence electrons. The van der Waals surface area contributed by atoms with Gasteiger partial charge in [0.05, 0.1) is 11.4 Å². The summed E-state index contributed by atoms with van der Waals surface area (Å²) >= 11 is 5.37. The maximum atomic E-state index is 11.3. The summed E-state index contributed by atoms with van der Waals surface area (Å²) in [4.78, 5) is 22.3. The van der Waals surface area contributed by atoms with Crippen LogP contribution in [0.1, 0.15) is 5.56 Å². The molecule has 5 heteroatoms. The second-order valence-corrected chi connectivity index (χ2v) is 3.85. The van der Waals surface area contributed by atoms with Gasteiger partial charge in [-0.25, -0.2) is 4.79 Å². The molecule has 17 heavy (non-hydrogen) atoms. The van der Waals surface area contributed by atoms with Crippen LogP contribution in [-0.2, 0) is 11.8 Å². The van der Waals surface area contributed by atoms with Gasteiger partial charge in [-0.2, -0.15) is 0 Å². The molecular formula is C12H10ClNO3. The standard InChI is InChI=1S/C12H10ClNO3/c1-14-10-5-3-8(2-4-9(15)7-13)6-11(10)17-12(14)16/h2-6H,7H2,1H3. The molecule has 0 aliphatic heterocycles. The highest BCUT2D eigenvalue weighted by Crippen LogP contribution is 2.15. The van der Waals surface area contributed by atoms with Gasteiger partial charge >= 0.3 is 5.76 Å². The lowest BCUT2D eigenvalue weighted by Crippen LogP contribution is -2.08. The largest absolute Gasteiger partial charge is 0.419 e. The van der Waals surface area contributed by atoms with Crippen molar-refractivity contribution in [1.29, 1.82) is 0 Å². The highest BCUT2D eigenvalue weighted by Gasteiger charge is 2.05. The average molecular weight is 252 g/mol. The van der Waals surface area contributed by atoms with Gasteiger partial charge in [0.2, 0.25) is 0 Å². The van der Waals surface area contributed by atoms with Gasteiger partial charge in [-0.15, -0.1) is 11.6 Å². The van der Waals surface area contributed by atoms with Crippen molar-refractivity contribution in [3.63, 3.8) is 0 Å². The van der Waals surface area contributed by atoms with Crippen LogP contribution >= 0.6 is 11.6 Å². The van der Waals surface area contributed by atoms with E-state index in [2.05, 4.69) is 0 Å². The predicted octanol–water partition coefficient (Wildman–Crippen LogP) is 1.95. The minimum absolute atomic E-state index is 0.0425. The summed E-state index contributed by atoms with van der Waals surface area (Å²) in [6.07, 6.45) is 3.03. The molecule has 0 aliphatic rings. The SMILES string of the molecule is Cn1c(=O)oc2cc(C=CC(=O)CCl)ccc21. The van der Waals surface area contributed by atoms with E-state index in [0.29, 0.717) is 5.58 Å². The van der Waals surface area contributed by atoms with Crippen molar-refractivity contribution in [1.82, 2.24) is 4.57 Å². The van der Waals surface area contributed by atoms with Crippen LogP contribution in [-0.4, -0.2) is 16.2 Å². The monoisotopic (exact) mass is 251 g/mol. The van der Waals surface area contributed by atoms with E-state index in [4.69, 9.17) is 16.0 Å². The van der Waals surface area contributed by atoms with E-state index < -0.39 is 5.76 Å². The van der Waals surface area contributed by atoms with Crippen molar-refractivity contribution in [2.45, 2.75) is 0 Å². The number of nitrogens with zero attached hydrogens (tertiary/aromatic N) is 1. The number of carbonyl (C=O) groups excluding carboxylic acids is 1. The third-order valence-electron chi connectivity index (χ3n) is 2.41. The molecule has 0 fully saturated rings. The first kappa shape index (κ1) is 11.7. The zero-order valence-electron chi connectivity index (χ0n) is 9.14. The summed E-state index contributed by atoms with van der Waals surface area (Å²) < 4.78 is 6.46. The molecule has 0 amide bonds. The number of carbonyl (C=O) groups is 1. The molecular weight excluding hydrogens is 242 g/mol. The lowest BCUT2D eigenvalue weighted by Gasteiger charge is -1.94. The van der Waals surface area contributed by atoms with E-state index in [1.807, 2.05) is 0 Å². The maximum Gasteiger partial charge on any atom is 0.419 e. The van der Waals surface area contributed by atoms with Crippen molar-refractivity contribution in [2.24, 2.45) is 7.05 Å². The third-order valence-corrected chi connectivity index (χ3v) is 2.67. The number of benzene rings is 1. The van der Waals surface area contributed by atoms with Gasteiger partial charge < -0.3 is 4.42 Å². The van der Waals surface area contributed by atoms with Crippen LogP contribution < -0.4 is 5.76 Å². The summed E-state index contributed by atoms with van der Waals surface area (Å²) in [6, 6.07) is 5.27. The minimum atomic E-state index is -0.405. The van der Waals surface area contributed by atoms with Gasteiger partial charge in [-0.05, 0) is 23.8 Å². The van der Waals surface area contributed by atoms with Crippen molar-refractivity contribution in [2.75, 3.05) is 5.88 Å². The first-order chi connectivity index (χ1) is 8.11. The molecule has 0 aliphatic carbocycles. The van der Waals surface area contributed by atoms with E-state index in [1.54, 1.807) is 31.3 Å². The van der Waals surface area contributed by atoms with Crippen molar-refractivity contribution >= 4 is 34.6 Å². The average Bonchev–Trinajstić information content (AvgIpc) is 2.62. The van der Waals surface area contributed by atoms with E-state index in [-0.39, 0.29) is 11.7 Å². The second kappa shape index (κ2) is 4.59. The first-order valence-corrected chi connectivity index (χ1v) is 5.51. The lowest BCUT2D eigenvalue weighted by atomic mass is 10.2. The molecule has 2 aromatic rings. The maximum absolute atomic E-state index is 11.3. The molecule has 0 bridgehead atoms. The molecule has 0 unspecified atom stereocenters. The quantitative estimate of drug-likeness (QED) is 0.619. The second-order valence-electron chi connectivity index (χ2n) is 3.59. The van der Waals surface area contributed by atoms with E-state index in [9.17, 15) is 9.59 Å². The van der Waals surface area contributed by atoms with E-state index in [1.165, 1.54) is 10.6 Å². The van der Waals surface area contributed by atoms with Crippen LogP contribution in [0.15, 0.2) is 33.5 Å². The predicted molar refractivity (Wildman–Crippen MR) is 66.2 cm³/mol. The number of hydrogen-bond donors (Lipinski definition) is 0. The molecule has 0 spiro atoms. The summed E-state index contributed by atoms with van der Waals surface area (Å²) in [5.41, 5.74) is 2.00. The molecule has 2 rings (SSSR count). The Balaban J connectivity index is 2.42. The summed E-state index contributed by atoms with van der Waals surface area (Å²) in [5.74, 6) is -0.613. The zero-order valence-corrected chi connectivity index (χ0v) is 9.90. The van der Waals surface area contributed by atoms with Crippen LogP contribution in [0.5, 0.6) is 0 Å². The molecule has 0 radical (unpaired) electrons. The number of aryl methyl sites for hydroxylation is 1. The Labute approximate surface area is 102 Å². The van der Waals surface area contributed by atoms with Gasteiger partial charge in [-0.3, -0.25) is 9.36 Å². The Bertz CT molecular complexity index is 651. The van der Waals surface area contributed by atoms with Gasteiger partial charge in [0.1, 0.15) is 0 Å². The molecule has 0 N–H and O–H groups in total. The number of allylic oxidation sites excluding steroid dienone is 1. The Morgan fingerprint density at radius 3 is 3.00 bits per heavy atom. The summed E-state index contributed by atoms with van der Waals surface area (Å²) in [5, 5.41) is 0. The lowest BCUT2D eigenvalue weighted by molar-refractivity contribution is -0.112. The molecule has 1 heterocycles. The number of rotatable bonds is 3. The topological polar surface area (TPSA) is 52.2 Å². The number of aromatic nitrogens is 1. The van der Waals surface area contributed by atoms with E-state index in [0.717, 1.165) is 11.1 Å². The number of halogens is 1. The minimum Gasteiger partial charge on any atom is -0.408 e. The fraction of sp³-hybridized carbons (Fsp3) is 0.167. The van der Waals surface area contributed by atoms with Crippen LogP contribution in [0.4, 0.5) is 0 Å². The summed E-state index contributed by atoms with van der Waals surface area (Å²) in [6.45, 7) is 0. The number of ketones is 1. The van der Waals surface area contributed by atoms with Crippen LogP contribution in [0, 0.1) is 0 Å². The molecule has 0 saturated carbocycles. The molecule has 0 saturated heterocycles. The van der Waals surface area contributed by atoms with Crippen molar-refractivity contribution < 1.29 is 9.21 Å². The van der Waals surface area contributed by atoms with Crippen LogP contribution in [0.25, 0.3) is 17.2 Å². The fourth-order valence-corrected chi connectivity index (χ4v) is 1.58. The van der Waals surface area contributed by atoms with Crippen molar-refractivity contribution in [3.05, 3.63) is 40.4 Å². The van der Waals surface area contributed by atoms with Crippen molar-refractivity contribution in [3.8, 4) is 0 Å². The highest BCUT2D eigenvalue weighted by molar-refractivity contribution is 6.29. The molecule has 1 aromatic heterocycles. The number of hydrogen-bond acceptors (Lipinski definition) is 3. The number of oxazole rings is 1. The highest BCUT2D eigenvalue weighted by atomic mass is 35.5. The Kier molecular flexibility index (Phi) is 3.15. The van der Waals surface area contributed by atoms with Crippen LogP contribution in [0.2, 0.25) is 0 Å². The van der Waals surface area contributed by atoms with Gasteiger partial charge in [0, 0.05) is 7.05 Å². The normalized spacial score (nSPS) is 11.4.